The Morgan fingerprint density at radius 2 is 1.85 bits per heavy atom. The second-order valence-electron chi connectivity index (χ2n) is 4.87. The van der Waals surface area contributed by atoms with E-state index in [0.717, 1.165) is 0 Å². The summed E-state index contributed by atoms with van der Waals surface area (Å²) in [6.45, 7) is 5.69. The number of nitrogens with two attached hydrogens (primary N) is 1. The second kappa shape index (κ2) is 7.65. The van der Waals surface area contributed by atoms with Crippen LogP contribution in [0.4, 0.5) is 0 Å². The molecule has 0 spiro atoms. The topological polar surface area (TPSA) is 81.4 Å². The third kappa shape index (κ3) is 4.35. The zero-order chi connectivity index (χ0) is 15.1. The van der Waals surface area contributed by atoms with Crippen molar-refractivity contribution in [1.82, 2.24) is 5.32 Å². The van der Waals surface area contributed by atoms with Crippen LogP contribution in [0.15, 0.2) is 30.3 Å². The van der Waals surface area contributed by atoms with Crippen LogP contribution in [0, 0.1) is 5.92 Å². The van der Waals surface area contributed by atoms with E-state index in [1.54, 1.807) is 31.2 Å². The van der Waals surface area contributed by atoms with Crippen molar-refractivity contribution in [2.24, 2.45) is 11.7 Å². The van der Waals surface area contributed by atoms with Crippen LogP contribution in [0.1, 0.15) is 32.4 Å². The van der Waals surface area contributed by atoms with Crippen molar-refractivity contribution in [2.75, 3.05) is 6.61 Å². The van der Waals surface area contributed by atoms with Crippen LogP contribution >= 0.6 is 0 Å². The van der Waals surface area contributed by atoms with Crippen molar-refractivity contribution in [3.63, 3.8) is 0 Å². The van der Waals surface area contributed by atoms with Crippen molar-refractivity contribution in [2.45, 2.75) is 32.9 Å². The minimum atomic E-state index is -0.826. The molecule has 1 aromatic rings. The first-order valence-corrected chi connectivity index (χ1v) is 6.74. The molecule has 2 atom stereocenters. The summed E-state index contributed by atoms with van der Waals surface area (Å²) in [5.41, 5.74) is 6.47. The number of esters is 1. The maximum atomic E-state index is 12.0. The lowest BCUT2D eigenvalue weighted by atomic mass is 10.0. The Morgan fingerprint density at radius 1 is 1.25 bits per heavy atom. The summed E-state index contributed by atoms with van der Waals surface area (Å²) in [4.78, 5) is 24.0. The maximum Gasteiger partial charge on any atom is 0.333 e. The van der Waals surface area contributed by atoms with E-state index in [4.69, 9.17) is 10.5 Å². The van der Waals surface area contributed by atoms with Crippen LogP contribution in [0.25, 0.3) is 0 Å². The number of hydrogen-bond acceptors (Lipinski definition) is 4. The van der Waals surface area contributed by atoms with E-state index in [9.17, 15) is 9.59 Å². The predicted octanol–water partition coefficient (Wildman–Crippen LogP) is 1.39. The molecule has 3 N–H and O–H groups in total. The van der Waals surface area contributed by atoms with E-state index in [-0.39, 0.29) is 18.4 Å². The highest BCUT2D eigenvalue weighted by Crippen LogP contribution is 2.15. The Kier molecular flexibility index (Phi) is 6.18. The molecule has 0 saturated carbocycles. The van der Waals surface area contributed by atoms with Gasteiger partial charge >= 0.3 is 5.97 Å². The van der Waals surface area contributed by atoms with Gasteiger partial charge in [0.1, 0.15) is 0 Å². The van der Waals surface area contributed by atoms with Crippen LogP contribution in [0.5, 0.6) is 0 Å². The lowest BCUT2D eigenvalue weighted by molar-refractivity contribution is -0.147. The number of ether oxygens (including phenoxy) is 1. The van der Waals surface area contributed by atoms with Crippen molar-refractivity contribution in [1.29, 1.82) is 0 Å². The number of carbonyl (C=O) groups is 2. The quantitative estimate of drug-likeness (QED) is 0.770. The summed E-state index contributed by atoms with van der Waals surface area (Å²) >= 11 is 0. The molecule has 0 aliphatic heterocycles. The fourth-order valence-electron chi connectivity index (χ4n) is 1.69. The van der Waals surface area contributed by atoms with Gasteiger partial charge in [0.2, 0.25) is 5.91 Å². The van der Waals surface area contributed by atoms with Crippen LogP contribution in [-0.2, 0) is 14.3 Å². The summed E-state index contributed by atoms with van der Waals surface area (Å²) in [5, 5.41) is 2.66. The third-order valence-electron chi connectivity index (χ3n) is 2.96. The molecule has 0 aliphatic rings. The fraction of sp³-hybridized carbons (Fsp3) is 0.467. The molecule has 20 heavy (non-hydrogen) atoms. The highest BCUT2D eigenvalue weighted by atomic mass is 16.5. The SMILES string of the molecule is CCOC(=O)C(NC(=O)[C@@H](N)C(C)C)c1ccccc1. The monoisotopic (exact) mass is 278 g/mol. The van der Waals surface area contributed by atoms with Gasteiger partial charge in [-0.25, -0.2) is 4.79 Å². The minimum Gasteiger partial charge on any atom is -0.464 e. The molecule has 5 nitrogen and oxygen atoms in total. The molecule has 0 bridgehead atoms. The Hall–Kier alpha value is -1.88. The Labute approximate surface area is 119 Å². The van der Waals surface area contributed by atoms with E-state index < -0.39 is 18.1 Å². The van der Waals surface area contributed by atoms with Gasteiger partial charge in [0.05, 0.1) is 12.6 Å². The molecule has 0 fully saturated rings. The molecule has 5 heteroatoms. The zero-order valence-corrected chi connectivity index (χ0v) is 12.1. The molecule has 1 amide bonds. The first-order valence-electron chi connectivity index (χ1n) is 6.74. The van der Waals surface area contributed by atoms with Gasteiger partial charge < -0.3 is 15.8 Å². The lowest BCUT2D eigenvalue weighted by Crippen LogP contribution is -2.47. The molecule has 1 unspecified atom stereocenters. The van der Waals surface area contributed by atoms with Gasteiger partial charge in [-0.2, -0.15) is 0 Å². The standard InChI is InChI=1S/C15H22N2O3/c1-4-20-15(19)13(11-8-6-5-7-9-11)17-14(18)12(16)10(2)3/h5-10,12-13H,4,16H2,1-3H3,(H,17,18)/t12-,13?/m0/s1. The Bertz CT molecular complexity index is 446. The first-order chi connectivity index (χ1) is 9.47. The largest absolute Gasteiger partial charge is 0.464 e. The summed E-state index contributed by atoms with van der Waals surface area (Å²) in [6, 6.07) is 7.49. The summed E-state index contributed by atoms with van der Waals surface area (Å²) in [6.07, 6.45) is 0. The number of amides is 1. The second-order valence-corrected chi connectivity index (χ2v) is 4.87. The summed E-state index contributed by atoms with van der Waals surface area (Å²) < 4.78 is 5.01. The van der Waals surface area contributed by atoms with E-state index in [0.29, 0.717) is 5.56 Å². The van der Waals surface area contributed by atoms with Crippen molar-refractivity contribution in [3.8, 4) is 0 Å². The number of nitrogens with one attached hydrogen (secondary N) is 1. The lowest BCUT2D eigenvalue weighted by Gasteiger charge is -2.21. The Balaban J connectivity index is 2.89. The fourth-order valence-corrected chi connectivity index (χ4v) is 1.69. The molecule has 1 rings (SSSR count). The molecule has 0 radical (unpaired) electrons. The normalized spacial score (nSPS) is 13.7. The molecular formula is C15H22N2O3. The van der Waals surface area contributed by atoms with E-state index in [2.05, 4.69) is 5.32 Å². The van der Waals surface area contributed by atoms with E-state index in [1.807, 2.05) is 19.9 Å². The molecule has 0 aliphatic carbocycles. The molecule has 0 aromatic heterocycles. The average Bonchev–Trinajstić information content (AvgIpc) is 2.44. The molecule has 0 saturated heterocycles. The summed E-state index contributed by atoms with van der Waals surface area (Å²) in [5.74, 6) is -0.849. The molecular weight excluding hydrogens is 256 g/mol. The van der Waals surface area contributed by atoms with Crippen molar-refractivity contribution >= 4 is 11.9 Å². The molecule has 110 valence electrons. The van der Waals surface area contributed by atoms with E-state index >= 15 is 0 Å². The van der Waals surface area contributed by atoms with Gasteiger partial charge in [0.25, 0.3) is 0 Å². The first kappa shape index (κ1) is 16.2. The number of hydrogen-bond donors (Lipinski definition) is 2. The van der Waals surface area contributed by atoms with Crippen molar-refractivity contribution < 1.29 is 14.3 Å². The van der Waals surface area contributed by atoms with Gasteiger partial charge in [-0.05, 0) is 18.4 Å². The maximum absolute atomic E-state index is 12.0. The van der Waals surface area contributed by atoms with Crippen LogP contribution in [-0.4, -0.2) is 24.5 Å². The van der Waals surface area contributed by atoms with Crippen LogP contribution in [0.3, 0.4) is 0 Å². The van der Waals surface area contributed by atoms with Gasteiger partial charge in [0, 0.05) is 0 Å². The molecule has 0 heterocycles. The third-order valence-corrected chi connectivity index (χ3v) is 2.96. The smallest absolute Gasteiger partial charge is 0.333 e. The van der Waals surface area contributed by atoms with Gasteiger partial charge in [-0.1, -0.05) is 44.2 Å². The Morgan fingerprint density at radius 3 is 2.35 bits per heavy atom. The van der Waals surface area contributed by atoms with Gasteiger partial charge in [0.15, 0.2) is 6.04 Å². The number of carbonyl (C=O) groups excluding carboxylic acids is 2. The predicted molar refractivity (Wildman–Crippen MR) is 76.8 cm³/mol. The number of rotatable bonds is 6. The van der Waals surface area contributed by atoms with Crippen LogP contribution in [0.2, 0.25) is 0 Å². The van der Waals surface area contributed by atoms with Gasteiger partial charge in [-0.3, -0.25) is 4.79 Å². The van der Waals surface area contributed by atoms with Gasteiger partial charge in [-0.15, -0.1) is 0 Å². The van der Waals surface area contributed by atoms with Crippen molar-refractivity contribution in [3.05, 3.63) is 35.9 Å². The highest BCUT2D eigenvalue weighted by Gasteiger charge is 2.27. The summed E-state index contributed by atoms with van der Waals surface area (Å²) in [7, 11) is 0. The highest BCUT2D eigenvalue weighted by molar-refractivity contribution is 5.88. The van der Waals surface area contributed by atoms with Crippen LogP contribution < -0.4 is 11.1 Å². The number of benzene rings is 1. The zero-order valence-electron chi connectivity index (χ0n) is 12.1. The van der Waals surface area contributed by atoms with E-state index in [1.165, 1.54) is 0 Å². The average molecular weight is 278 g/mol. The molecule has 1 aromatic carbocycles. The minimum absolute atomic E-state index is 0.00591.